The third-order valence-electron chi connectivity index (χ3n) is 1.93. The molecule has 0 amide bonds. The van der Waals surface area contributed by atoms with Crippen LogP contribution in [-0.4, -0.2) is 26.6 Å². The van der Waals surface area contributed by atoms with Crippen LogP contribution >= 0.6 is 24.4 Å². The minimum atomic E-state index is -0.500. The largest absolute Gasteiger partial charge is 0.487 e. The zero-order chi connectivity index (χ0) is 11.0. The van der Waals surface area contributed by atoms with E-state index in [1.54, 1.807) is 0 Å². The van der Waals surface area contributed by atoms with Gasteiger partial charge in [0, 0.05) is 6.04 Å². The van der Waals surface area contributed by atoms with Crippen LogP contribution in [0.15, 0.2) is 0 Å². The molecule has 1 aliphatic carbocycles. The first-order valence-electron chi connectivity index (χ1n) is 4.50. The van der Waals surface area contributed by atoms with Gasteiger partial charge in [-0.25, -0.2) is 0 Å². The van der Waals surface area contributed by atoms with E-state index in [0.29, 0.717) is 6.04 Å². The van der Waals surface area contributed by atoms with Crippen molar-refractivity contribution in [2.24, 2.45) is 5.73 Å². The standard InChI is InChI=1S/C7H13NOS.CH3NOS/c9-7(10)8-6-4-2-1-3-5-6;2-1(3)4/h6H,1-5H2,(H2,8,9,10);(H3,2,3,4). The van der Waals surface area contributed by atoms with E-state index >= 15 is 0 Å². The second kappa shape index (κ2) is 7.75. The minimum Gasteiger partial charge on any atom is -0.487 e. The van der Waals surface area contributed by atoms with Crippen molar-refractivity contribution in [2.75, 3.05) is 0 Å². The zero-order valence-corrected chi connectivity index (χ0v) is 9.53. The number of aliphatic hydroxyl groups excluding tert-OH is 2. The van der Waals surface area contributed by atoms with Crippen LogP contribution in [0.25, 0.3) is 0 Å². The van der Waals surface area contributed by atoms with E-state index in [9.17, 15) is 0 Å². The van der Waals surface area contributed by atoms with Crippen LogP contribution in [0.3, 0.4) is 0 Å². The topological polar surface area (TPSA) is 78.5 Å². The fourth-order valence-electron chi connectivity index (χ4n) is 1.42. The van der Waals surface area contributed by atoms with Crippen molar-refractivity contribution >= 4 is 34.8 Å². The zero-order valence-electron chi connectivity index (χ0n) is 7.90. The molecule has 0 atom stereocenters. The first-order valence-corrected chi connectivity index (χ1v) is 5.32. The highest BCUT2D eigenvalue weighted by Gasteiger charge is 2.12. The van der Waals surface area contributed by atoms with Crippen molar-refractivity contribution in [3.63, 3.8) is 0 Å². The molecule has 5 N–H and O–H groups in total. The minimum absolute atomic E-state index is 0.0492. The Hall–Kier alpha value is -0.620. The van der Waals surface area contributed by atoms with Gasteiger partial charge in [-0.1, -0.05) is 19.3 Å². The van der Waals surface area contributed by atoms with Crippen molar-refractivity contribution in [2.45, 2.75) is 38.1 Å². The second-order valence-corrected chi connectivity index (χ2v) is 3.93. The molecule has 82 valence electrons. The van der Waals surface area contributed by atoms with E-state index in [1.807, 2.05) is 0 Å². The summed E-state index contributed by atoms with van der Waals surface area (Å²) in [6.45, 7) is 0. The van der Waals surface area contributed by atoms with Crippen LogP contribution in [0.4, 0.5) is 0 Å². The Morgan fingerprint density at radius 2 is 1.57 bits per heavy atom. The number of hydrogen-bond acceptors (Lipinski definition) is 2. The molecule has 1 aliphatic rings. The Morgan fingerprint density at radius 3 is 1.93 bits per heavy atom. The summed E-state index contributed by atoms with van der Waals surface area (Å²) in [7, 11) is 0. The molecule has 0 unspecified atom stereocenters. The van der Waals surface area contributed by atoms with Gasteiger partial charge in [-0.15, -0.1) is 0 Å². The smallest absolute Gasteiger partial charge is 0.254 e. The number of nitrogens with two attached hydrogens (primary N) is 1. The van der Waals surface area contributed by atoms with Crippen LogP contribution in [0.5, 0.6) is 0 Å². The summed E-state index contributed by atoms with van der Waals surface area (Å²) in [6, 6.07) is 0.436. The molecule has 0 heterocycles. The molecule has 4 nitrogen and oxygen atoms in total. The lowest BCUT2D eigenvalue weighted by Crippen LogP contribution is -2.34. The van der Waals surface area contributed by atoms with Gasteiger partial charge >= 0.3 is 0 Å². The Labute approximate surface area is 94.5 Å². The molecule has 0 bridgehead atoms. The number of thiocarbonyl (C=S) groups is 2. The number of hydrogen-bond donors (Lipinski definition) is 4. The predicted molar refractivity (Wildman–Crippen MR) is 64.6 cm³/mol. The van der Waals surface area contributed by atoms with Crippen LogP contribution in [0.1, 0.15) is 32.1 Å². The van der Waals surface area contributed by atoms with Crippen molar-refractivity contribution in [3.05, 3.63) is 0 Å². The van der Waals surface area contributed by atoms with Gasteiger partial charge in [-0.2, -0.15) is 0 Å². The molecule has 1 saturated carbocycles. The Balaban J connectivity index is 0.000000364. The molecule has 1 rings (SSSR count). The number of aliphatic hydroxyl groups is 2. The average molecular weight is 236 g/mol. The average Bonchev–Trinajstić information content (AvgIpc) is 2.03. The van der Waals surface area contributed by atoms with E-state index in [2.05, 4.69) is 35.5 Å². The van der Waals surface area contributed by atoms with Gasteiger partial charge in [0.2, 0.25) is 0 Å². The molecular formula is C8H16N2O2S2. The Kier molecular flexibility index (Phi) is 7.41. The highest BCUT2D eigenvalue weighted by molar-refractivity contribution is 7.80. The van der Waals surface area contributed by atoms with E-state index in [4.69, 9.17) is 10.2 Å². The maximum absolute atomic E-state index is 8.72. The second-order valence-electron chi connectivity index (χ2n) is 3.12. The van der Waals surface area contributed by atoms with Crippen molar-refractivity contribution in [3.8, 4) is 0 Å². The molecule has 0 radical (unpaired) electrons. The maximum atomic E-state index is 8.72. The van der Waals surface area contributed by atoms with Gasteiger partial charge in [0.15, 0.2) is 0 Å². The first kappa shape index (κ1) is 13.4. The summed E-state index contributed by atoms with van der Waals surface area (Å²) >= 11 is 8.39. The van der Waals surface area contributed by atoms with Crippen LogP contribution < -0.4 is 11.1 Å². The number of rotatable bonds is 1. The van der Waals surface area contributed by atoms with Crippen molar-refractivity contribution in [1.82, 2.24) is 5.32 Å². The van der Waals surface area contributed by atoms with Gasteiger partial charge in [-0.05, 0) is 37.3 Å². The third kappa shape index (κ3) is 9.47. The normalized spacial score (nSPS) is 16.3. The van der Waals surface area contributed by atoms with E-state index in [-0.39, 0.29) is 5.17 Å². The molecule has 6 heteroatoms. The lowest BCUT2D eigenvalue weighted by molar-refractivity contribution is 0.391. The van der Waals surface area contributed by atoms with Crippen LogP contribution in [-0.2, 0) is 0 Å². The van der Waals surface area contributed by atoms with Crippen LogP contribution in [0.2, 0.25) is 0 Å². The van der Waals surface area contributed by atoms with Gasteiger partial charge < -0.3 is 21.3 Å². The summed E-state index contributed by atoms with van der Waals surface area (Å²) < 4.78 is 0. The summed E-state index contributed by atoms with van der Waals surface area (Å²) in [5, 5.41) is 18.6. The lowest BCUT2D eigenvalue weighted by atomic mass is 9.96. The van der Waals surface area contributed by atoms with E-state index < -0.39 is 5.17 Å². The SMILES string of the molecule is NC(O)=S.OC(=S)NC1CCCCC1. The molecule has 14 heavy (non-hydrogen) atoms. The first-order chi connectivity index (χ1) is 6.52. The fraction of sp³-hybridized carbons (Fsp3) is 0.750. The van der Waals surface area contributed by atoms with Crippen molar-refractivity contribution in [1.29, 1.82) is 0 Å². The highest BCUT2D eigenvalue weighted by Crippen LogP contribution is 2.16. The Morgan fingerprint density at radius 1 is 1.14 bits per heavy atom. The number of nitrogens with one attached hydrogen (secondary N) is 1. The van der Waals surface area contributed by atoms with Gasteiger partial charge in [-0.3, -0.25) is 0 Å². The molecule has 1 fully saturated rings. The summed E-state index contributed by atoms with van der Waals surface area (Å²) in [5.41, 5.74) is 4.40. The fourth-order valence-corrected chi connectivity index (χ4v) is 1.59. The Bertz CT molecular complexity index is 190. The lowest BCUT2D eigenvalue weighted by Gasteiger charge is -2.21. The summed E-state index contributed by atoms with van der Waals surface area (Å²) in [6.07, 6.45) is 6.17. The van der Waals surface area contributed by atoms with Gasteiger partial charge in [0.25, 0.3) is 10.3 Å². The third-order valence-corrected chi connectivity index (χ3v) is 2.05. The summed E-state index contributed by atoms with van der Waals surface area (Å²) in [4.78, 5) is 0. The molecule has 0 aromatic carbocycles. The highest BCUT2D eigenvalue weighted by atomic mass is 32.1. The van der Waals surface area contributed by atoms with Crippen molar-refractivity contribution < 1.29 is 10.2 Å². The van der Waals surface area contributed by atoms with Crippen LogP contribution in [0, 0.1) is 0 Å². The van der Waals surface area contributed by atoms with E-state index in [1.165, 1.54) is 19.3 Å². The molecule has 0 aromatic heterocycles. The quantitative estimate of drug-likeness (QED) is 0.517. The summed E-state index contributed by atoms with van der Waals surface area (Å²) in [5.74, 6) is 0. The predicted octanol–water partition coefficient (Wildman–Crippen LogP) is 1.54. The van der Waals surface area contributed by atoms with E-state index in [0.717, 1.165) is 12.8 Å². The van der Waals surface area contributed by atoms with Gasteiger partial charge in [0.1, 0.15) is 0 Å². The molecule has 0 aromatic rings. The molecule has 0 aliphatic heterocycles. The molecular weight excluding hydrogens is 220 g/mol. The van der Waals surface area contributed by atoms with Gasteiger partial charge in [0.05, 0.1) is 0 Å². The monoisotopic (exact) mass is 236 g/mol. The molecule has 0 spiro atoms. The maximum Gasteiger partial charge on any atom is 0.254 e. The molecule has 0 saturated heterocycles.